The van der Waals surface area contributed by atoms with Crippen LogP contribution in [0.3, 0.4) is 0 Å². The van der Waals surface area contributed by atoms with E-state index in [4.69, 9.17) is 0 Å². The molecule has 1 unspecified atom stereocenters. The van der Waals surface area contributed by atoms with E-state index in [2.05, 4.69) is 44.2 Å². The number of hydrogen-bond acceptors (Lipinski definition) is 0. The third kappa shape index (κ3) is 1.18. The molecular formula is C12H14. The Labute approximate surface area is 74.0 Å². The Morgan fingerprint density at radius 3 is 3.00 bits per heavy atom. The fourth-order valence-electron chi connectivity index (χ4n) is 1.90. The van der Waals surface area contributed by atoms with Gasteiger partial charge in [-0.15, -0.1) is 0 Å². The number of hydrogen-bond donors (Lipinski definition) is 0. The lowest BCUT2D eigenvalue weighted by molar-refractivity contribution is 0.722. The first-order chi connectivity index (χ1) is 5.77. The zero-order valence-corrected chi connectivity index (χ0v) is 7.67. The van der Waals surface area contributed by atoms with Gasteiger partial charge in [-0.05, 0) is 25.8 Å². The maximum Gasteiger partial charge on any atom is 0.00833 e. The Morgan fingerprint density at radius 2 is 2.17 bits per heavy atom. The summed E-state index contributed by atoms with van der Waals surface area (Å²) in [6, 6.07) is 0. The quantitative estimate of drug-likeness (QED) is 0.507. The first-order valence-corrected chi connectivity index (χ1v) is 4.50. The Bertz CT molecular complexity index is 311. The van der Waals surface area contributed by atoms with E-state index in [0.29, 0.717) is 5.92 Å². The molecule has 0 aromatic carbocycles. The van der Waals surface area contributed by atoms with Crippen LogP contribution in [0.25, 0.3) is 0 Å². The summed E-state index contributed by atoms with van der Waals surface area (Å²) in [6.45, 7) is 4.39. The van der Waals surface area contributed by atoms with E-state index in [1.54, 1.807) is 0 Å². The van der Waals surface area contributed by atoms with E-state index in [9.17, 15) is 0 Å². The minimum absolute atomic E-state index is 0.665. The van der Waals surface area contributed by atoms with Gasteiger partial charge < -0.3 is 0 Å². The molecule has 0 amide bonds. The van der Waals surface area contributed by atoms with Crippen LogP contribution in [0.15, 0.2) is 47.1 Å². The summed E-state index contributed by atoms with van der Waals surface area (Å²) in [5.74, 6) is 0.665. The van der Waals surface area contributed by atoms with Crippen LogP contribution in [0.4, 0.5) is 0 Å². The molecule has 62 valence electrons. The highest BCUT2D eigenvalue weighted by molar-refractivity contribution is 5.44. The second-order valence-corrected chi connectivity index (χ2v) is 3.65. The fraction of sp³-hybridized carbons (Fsp3) is 0.333. The van der Waals surface area contributed by atoms with Gasteiger partial charge in [0.25, 0.3) is 0 Å². The van der Waals surface area contributed by atoms with Crippen LogP contribution < -0.4 is 0 Å². The summed E-state index contributed by atoms with van der Waals surface area (Å²) in [7, 11) is 0. The molecular weight excluding hydrogens is 144 g/mol. The van der Waals surface area contributed by atoms with Crippen LogP contribution in [0.5, 0.6) is 0 Å². The maximum atomic E-state index is 2.32. The molecule has 0 heteroatoms. The molecule has 12 heavy (non-hydrogen) atoms. The molecule has 0 saturated heterocycles. The summed E-state index contributed by atoms with van der Waals surface area (Å²) >= 11 is 0. The van der Waals surface area contributed by atoms with Crippen molar-refractivity contribution in [3.05, 3.63) is 47.1 Å². The molecule has 0 saturated carbocycles. The Balaban J connectivity index is 2.37. The molecule has 0 radical (unpaired) electrons. The van der Waals surface area contributed by atoms with Crippen molar-refractivity contribution in [3.63, 3.8) is 0 Å². The van der Waals surface area contributed by atoms with E-state index in [0.717, 1.165) is 0 Å². The molecule has 0 bridgehead atoms. The van der Waals surface area contributed by atoms with Gasteiger partial charge >= 0.3 is 0 Å². The second kappa shape index (κ2) is 2.78. The standard InChI is InChI=1S/C12H14/c1-9-6-7-12-10(2)4-3-5-11(12)8-9/h3-6,8,12H,7H2,1-2H3. The average Bonchev–Trinajstić information content (AvgIpc) is 2.04. The molecule has 0 fully saturated rings. The van der Waals surface area contributed by atoms with Gasteiger partial charge in [-0.3, -0.25) is 0 Å². The summed E-state index contributed by atoms with van der Waals surface area (Å²) in [4.78, 5) is 0. The molecule has 0 heterocycles. The summed E-state index contributed by atoms with van der Waals surface area (Å²) in [5.41, 5.74) is 4.38. The SMILES string of the molecule is CC1=CCC2C(C)=CC=CC2=C1. The lowest BCUT2D eigenvalue weighted by Gasteiger charge is -2.24. The lowest BCUT2D eigenvalue weighted by Crippen LogP contribution is -2.09. The molecule has 0 aliphatic heterocycles. The van der Waals surface area contributed by atoms with E-state index in [1.165, 1.54) is 23.1 Å². The number of rotatable bonds is 0. The minimum Gasteiger partial charge on any atom is -0.0807 e. The van der Waals surface area contributed by atoms with Crippen LogP contribution in [-0.4, -0.2) is 0 Å². The van der Waals surface area contributed by atoms with Crippen molar-refractivity contribution in [1.82, 2.24) is 0 Å². The van der Waals surface area contributed by atoms with E-state index < -0.39 is 0 Å². The molecule has 0 nitrogen and oxygen atoms in total. The predicted molar refractivity (Wildman–Crippen MR) is 52.8 cm³/mol. The Hall–Kier alpha value is -1.04. The number of fused-ring (bicyclic) bond motifs is 1. The molecule has 0 aromatic rings. The van der Waals surface area contributed by atoms with Crippen LogP contribution in [0.1, 0.15) is 20.3 Å². The van der Waals surface area contributed by atoms with E-state index >= 15 is 0 Å². The van der Waals surface area contributed by atoms with Gasteiger partial charge in [0.2, 0.25) is 0 Å². The third-order valence-corrected chi connectivity index (χ3v) is 2.67. The monoisotopic (exact) mass is 158 g/mol. The highest BCUT2D eigenvalue weighted by Gasteiger charge is 2.17. The first-order valence-electron chi connectivity index (χ1n) is 4.50. The summed E-state index contributed by atoms with van der Waals surface area (Å²) in [5, 5.41) is 0. The van der Waals surface area contributed by atoms with Gasteiger partial charge in [0.15, 0.2) is 0 Å². The fourth-order valence-corrected chi connectivity index (χ4v) is 1.90. The second-order valence-electron chi connectivity index (χ2n) is 3.65. The summed E-state index contributed by atoms with van der Waals surface area (Å²) < 4.78 is 0. The molecule has 0 N–H and O–H groups in total. The van der Waals surface area contributed by atoms with Gasteiger partial charge in [-0.25, -0.2) is 0 Å². The zero-order valence-electron chi connectivity index (χ0n) is 7.67. The Kier molecular flexibility index (Phi) is 1.76. The topological polar surface area (TPSA) is 0 Å². The lowest BCUT2D eigenvalue weighted by atomic mass is 9.81. The largest absolute Gasteiger partial charge is 0.0807 e. The van der Waals surface area contributed by atoms with Crippen molar-refractivity contribution < 1.29 is 0 Å². The smallest absolute Gasteiger partial charge is 0.00833 e. The molecule has 2 rings (SSSR count). The van der Waals surface area contributed by atoms with Gasteiger partial charge in [0, 0.05) is 5.92 Å². The molecule has 1 atom stereocenters. The van der Waals surface area contributed by atoms with E-state index in [1.807, 2.05) is 0 Å². The highest BCUT2D eigenvalue weighted by Crippen LogP contribution is 2.32. The van der Waals surface area contributed by atoms with E-state index in [-0.39, 0.29) is 0 Å². The molecule has 2 aliphatic carbocycles. The molecule has 0 spiro atoms. The predicted octanol–water partition coefficient (Wildman–Crippen LogP) is 3.40. The molecule has 0 aromatic heterocycles. The van der Waals surface area contributed by atoms with Crippen molar-refractivity contribution in [2.75, 3.05) is 0 Å². The minimum atomic E-state index is 0.665. The van der Waals surface area contributed by atoms with Gasteiger partial charge in [-0.2, -0.15) is 0 Å². The normalized spacial score (nSPS) is 27.2. The summed E-state index contributed by atoms with van der Waals surface area (Å²) in [6.07, 6.45) is 12.4. The van der Waals surface area contributed by atoms with Crippen LogP contribution in [-0.2, 0) is 0 Å². The average molecular weight is 158 g/mol. The van der Waals surface area contributed by atoms with Crippen molar-refractivity contribution >= 4 is 0 Å². The highest BCUT2D eigenvalue weighted by atomic mass is 14.2. The van der Waals surface area contributed by atoms with Crippen LogP contribution in [0.2, 0.25) is 0 Å². The van der Waals surface area contributed by atoms with Crippen molar-refractivity contribution in [2.45, 2.75) is 20.3 Å². The molecule has 2 aliphatic rings. The number of allylic oxidation sites excluding steroid dienone is 8. The van der Waals surface area contributed by atoms with Gasteiger partial charge in [0.1, 0.15) is 0 Å². The van der Waals surface area contributed by atoms with Crippen LogP contribution >= 0.6 is 0 Å². The van der Waals surface area contributed by atoms with Crippen molar-refractivity contribution in [2.24, 2.45) is 5.92 Å². The van der Waals surface area contributed by atoms with Crippen molar-refractivity contribution in [3.8, 4) is 0 Å². The maximum absolute atomic E-state index is 2.32. The van der Waals surface area contributed by atoms with Crippen molar-refractivity contribution in [1.29, 1.82) is 0 Å². The van der Waals surface area contributed by atoms with Crippen LogP contribution in [0, 0.1) is 5.92 Å². The van der Waals surface area contributed by atoms with Gasteiger partial charge in [0.05, 0.1) is 0 Å². The Morgan fingerprint density at radius 1 is 1.33 bits per heavy atom. The zero-order chi connectivity index (χ0) is 8.55. The van der Waals surface area contributed by atoms with Gasteiger partial charge in [-0.1, -0.05) is 41.5 Å². The third-order valence-electron chi connectivity index (χ3n) is 2.67. The first kappa shape index (κ1) is 7.60.